The van der Waals surface area contributed by atoms with Crippen molar-refractivity contribution in [2.24, 2.45) is 5.92 Å². The standard InChI is InChI=1S/C15H23N3O2/c19-15(12-6-10-20-11-7-12)17-13-2-4-14(5-3-13)18-9-1-8-16-18/h1,8-9,12-14H,2-7,10-11H2,(H,17,19). The molecular weight excluding hydrogens is 254 g/mol. The summed E-state index contributed by atoms with van der Waals surface area (Å²) in [6, 6.07) is 2.82. The zero-order chi connectivity index (χ0) is 13.8. The lowest BCUT2D eigenvalue weighted by atomic mass is 9.90. The third-order valence-electron chi connectivity index (χ3n) is 4.53. The molecule has 5 heteroatoms. The first-order valence-electron chi connectivity index (χ1n) is 7.70. The molecule has 2 fully saturated rings. The fourth-order valence-electron chi connectivity index (χ4n) is 3.26. The third kappa shape index (κ3) is 3.20. The topological polar surface area (TPSA) is 56.2 Å². The molecule has 2 heterocycles. The number of hydrogen-bond donors (Lipinski definition) is 1. The Hall–Kier alpha value is -1.36. The molecule has 1 aromatic rings. The van der Waals surface area contributed by atoms with Crippen LogP contribution in [0.4, 0.5) is 0 Å². The van der Waals surface area contributed by atoms with E-state index in [9.17, 15) is 4.79 Å². The molecule has 5 nitrogen and oxygen atoms in total. The number of nitrogens with zero attached hydrogens (tertiary/aromatic N) is 2. The van der Waals surface area contributed by atoms with Gasteiger partial charge in [-0.2, -0.15) is 5.10 Å². The summed E-state index contributed by atoms with van der Waals surface area (Å²) in [6.07, 6.45) is 9.91. The van der Waals surface area contributed by atoms with E-state index in [-0.39, 0.29) is 11.8 Å². The number of ether oxygens (including phenoxy) is 1. The molecule has 2 aliphatic rings. The largest absolute Gasteiger partial charge is 0.381 e. The molecule has 0 spiro atoms. The molecule has 110 valence electrons. The molecule has 1 N–H and O–H groups in total. The van der Waals surface area contributed by atoms with Crippen molar-refractivity contribution in [3.63, 3.8) is 0 Å². The first-order valence-corrected chi connectivity index (χ1v) is 7.70. The molecule has 1 aromatic heterocycles. The molecule has 20 heavy (non-hydrogen) atoms. The van der Waals surface area contributed by atoms with Crippen LogP contribution in [0.1, 0.15) is 44.6 Å². The van der Waals surface area contributed by atoms with Crippen LogP contribution < -0.4 is 5.32 Å². The van der Waals surface area contributed by atoms with E-state index in [1.54, 1.807) is 0 Å². The maximum absolute atomic E-state index is 12.2. The Balaban J connectivity index is 1.45. The Kier molecular flexibility index (Phi) is 4.35. The van der Waals surface area contributed by atoms with Gasteiger partial charge in [0, 0.05) is 37.6 Å². The number of aromatic nitrogens is 2. The van der Waals surface area contributed by atoms with Gasteiger partial charge in [0.2, 0.25) is 5.91 Å². The molecule has 1 aliphatic heterocycles. The molecule has 1 aliphatic carbocycles. The summed E-state index contributed by atoms with van der Waals surface area (Å²) in [5, 5.41) is 7.55. The van der Waals surface area contributed by atoms with E-state index in [0.717, 1.165) is 51.7 Å². The zero-order valence-corrected chi connectivity index (χ0v) is 11.8. The molecule has 0 unspecified atom stereocenters. The fourth-order valence-corrected chi connectivity index (χ4v) is 3.26. The Morgan fingerprint density at radius 1 is 1.15 bits per heavy atom. The van der Waals surface area contributed by atoms with Gasteiger partial charge in [0.05, 0.1) is 6.04 Å². The molecular formula is C15H23N3O2. The van der Waals surface area contributed by atoms with Gasteiger partial charge in [0.25, 0.3) is 0 Å². The van der Waals surface area contributed by atoms with Crippen LogP contribution in [0, 0.1) is 5.92 Å². The molecule has 3 rings (SSSR count). The monoisotopic (exact) mass is 277 g/mol. The Bertz CT molecular complexity index is 418. The second-order valence-electron chi connectivity index (χ2n) is 5.89. The van der Waals surface area contributed by atoms with E-state index >= 15 is 0 Å². The van der Waals surface area contributed by atoms with Crippen molar-refractivity contribution in [2.45, 2.75) is 50.6 Å². The van der Waals surface area contributed by atoms with E-state index in [1.807, 2.05) is 18.5 Å². The lowest BCUT2D eigenvalue weighted by Gasteiger charge is -2.31. The van der Waals surface area contributed by atoms with E-state index in [4.69, 9.17) is 4.74 Å². The summed E-state index contributed by atoms with van der Waals surface area (Å²) in [6.45, 7) is 1.45. The van der Waals surface area contributed by atoms with Gasteiger partial charge in [-0.05, 0) is 44.6 Å². The van der Waals surface area contributed by atoms with Gasteiger partial charge in [-0.3, -0.25) is 9.48 Å². The summed E-state index contributed by atoms with van der Waals surface area (Å²) in [5.41, 5.74) is 0. The summed E-state index contributed by atoms with van der Waals surface area (Å²) < 4.78 is 7.36. The molecule has 1 saturated carbocycles. The minimum Gasteiger partial charge on any atom is -0.381 e. The molecule has 0 bridgehead atoms. The maximum atomic E-state index is 12.2. The predicted octanol–water partition coefficient (Wildman–Crippen LogP) is 1.91. The SMILES string of the molecule is O=C(NC1CCC(n2cccn2)CC1)C1CCOCC1. The van der Waals surface area contributed by atoms with Gasteiger partial charge in [0.1, 0.15) is 0 Å². The van der Waals surface area contributed by atoms with Crippen LogP contribution in [0.5, 0.6) is 0 Å². The highest BCUT2D eigenvalue weighted by Crippen LogP contribution is 2.28. The molecule has 0 atom stereocenters. The second-order valence-corrected chi connectivity index (χ2v) is 5.89. The summed E-state index contributed by atoms with van der Waals surface area (Å²) in [5.74, 6) is 0.392. The number of carbonyl (C=O) groups is 1. The van der Waals surface area contributed by atoms with Crippen LogP contribution in [0.25, 0.3) is 0 Å². The summed E-state index contributed by atoms with van der Waals surface area (Å²) >= 11 is 0. The quantitative estimate of drug-likeness (QED) is 0.918. The molecule has 0 aromatic carbocycles. The summed E-state index contributed by atoms with van der Waals surface area (Å²) in [7, 11) is 0. The van der Waals surface area contributed by atoms with Gasteiger partial charge in [-0.15, -0.1) is 0 Å². The average molecular weight is 277 g/mol. The van der Waals surface area contributed by atoms with Gasteiger partial charge in [-0.1, -0.05) is 0 Å². The van der Waals surface area contributed by atoms with Crippen LogP contribution >= 0.6 is 0 Å². The normalized spacial score (nSPS) is 28.2. The fraction of sp³-hybridized carbons (Fsp3) is 0.733. The van der Waals surface area contributed by atoms with Crippen LogP contribution in [0.2, 0.25) is 0 Å². The van der Waals surface area contributed by atoms with Crippen molar-refractivity contribution in [1.29, 1.82) is 0 Å². The number of hydrogen-bond acceptors (Lipinski definition) is 3. The molecule has 0 radical (unpaired) electrons. The van der Waals surface area contributed by atoms with E-state index in [1.165, 1.54) is 0 Å². The smallest absolute Gasteiger partial charge is 0.223 e. The average Bonchev–Trinajstić information content (AvgIpc) is 3.03. The number of amides is 1. The van der Waals surface area contributed by atoms with Crippen LogP contribution in [-0.4, -0.2) is 34.9 Å². The second kappa shape index (κ2) is 6.39. The van der Waals surface area contributed by atoms with Crippen molar-refractivity contribution in [3.8, 4) is 0 Å². The third-order valence-corrected chi connectivity index (χ3v) is 4.53. The van der Waals surface area contributed by atoms with Gasteiger partial charge < -0.3 is 10.1 Å². The molecule has 1 amide bonds. The van der Waals surface area contributed by atoms with Crippen LogP contribution in [-0.2, 0) is 9.53 Å². The first-order chi connectivity index (χ1) is 9.83. The van der Waals surface area contributed by atoms with E-state index in [2.05, 4.69) is 15.1 Å². The number of carbonyl (C=O) groups excluding carboxylic acids is 1. The zero-order valence-electron chi connectivity index (χ0n) is 11.8. The maximum Gasteiger partial charge on any atom is 0.223 e. The van der Waals surface area contributed by atoms with Crippen molar-refractivity contribution in [3.05, 3.63) is 18.5 Å². The number of nitrogens with one attached hydrogen (secondary N) is 1. The van der Waals surface area contributed by atoms with Crippen LogP contribution in [0.15, 0.2) is 18.5 Å². The van der Waals surface area contributed by atoms with Gasteiger partial charge >= 0.3 is 0 Å². The van der Waals surface area contributed by atoms with Crippen molar-refractivity contribution in [1.82, 2.24) is 15.1 Å². The van der Waals surface area contributed by atoms with Gasteiger partial charge in [-0.25, -0.2) is 0 Å². The highest BCUT2D eigenvalue weighted by Gasteiger charge is 2.27. The Morgan fingerprint density at radius 3 is 2.55 bits per heavy atom. The van der Waals surface area contributed by atoms with Crippen molar-refractivity contribution in [2.75, 3.05) is 13.2 Å². The van der Waals surface area contributed by atoms with Crippen LogP contribution in [0.3, 0.4) is 0 Å². The highest BCUT2D eigenvalue weighted by molar-refractivity contribution is 5.79. The lowest BCUT2D eigenvalue weighted by molar-refractivity contribution is -0.128. The van der Waals surface area contributed by atoms with Crippen molar-refractivity contribution < 1.29 is 9.53 Å². The Morgan fingerprint density at radius 2 is 1.90 bits per heavy atom. The lowest BCUT2D eigenvalue weighted by Crippen LogP contribution is -2.42. The first kappa shape index (κ1) is 13.6. The Labute approximate surface area is 119 Å². The number of rotatable bonds is 3. The summed E-state index contributed by atoms with van der Waals surface area (Å²) in [4.78, 5) is 12.2. The van der Waals surface area contributed by atoms with E-state index < -0.39 is 0 Å². The van der Waals surface area contributed by atoms with E-state index in [0.29, 0.717) is 12.1 Å². The predicted molar refractivity (Wildman–Crippen MR) is 75.2 cm³/mol. The van der Waals surface area contributed by atoms with Gasteiger partial charge in [0.15, 0.2) is 0 Å². The highest BCUT2D eigenvalue weighted by atomic mass is 16.5. The minimum atomic E-state index is 0.160. The minimum absolute atomic E-state index is 0.160. The molecule has 1 saturated heterocycles. The van der Waals surface area contributed by atoms with Crippen molar-refractivity contribution >= 4 is 5.91 Å².